The Morgan fingerprint density at radius 3 is 2.77 bits per heavy atom. The summed E-state index contributed by atoms with van der Waals surface area (Å²) in [5.41, 5.74) is 1.88. The van der Waals surface area contributed by atoms with Gasteiger partial charge in [-0.1, -0.05) is 18.2 Å². The Morgan fingerprint density at radius 2 is 2.05 bits per heavy atom. The summed E-state index contributed by atoms with van der Waals surface area (Å²) in [6.45, 7) is 3.93. The zero-order chi connectivity index (χ0) is 15.8. The highest BCUT2D eigenvalue weighted by molar-refractivity contribution is 5.92. The quantitative estimate of drug-likeness (QED) is 0.845. The Balaban J connectivity index is 1.84. The zero-order valence-corrected chi connectivity index (χ0v) is 13.1. The van der Waals surface area contributed by atoms with E-state index in [0.29, 0.717) is 12.2 Å². The summed E-state index contributed by atoms with van der Waals surface area (Å²) in [5, 5.41) is 2.92. The number of para-hydroxylation sites is 2. The van der Waals surface area contributed by atoms with Crippen molar-refractivity contribution in [2.75, 3.05) is 5.32 Å². The number of benzene rings is 1. The third-order valence-corrected chi connectivity index (χ3v) is 3.12. The van der Waals surface area contributed by atoms with Gasteiger partial charge in [0, 0.05) is 18.8 Å². The molecule has 116 valence electrons. The summed E-state index contributed by atoms with van der Waals surface area (Å²) in [6.07, 6.45) is 5.79. The molecule has 0 spiro atoms. The van der Waals surface area contributed by atoms with Gasteiger partial charge in [0.05, 0.1) is 11.8 Å². The van der Waals surface area contributed by atoms with Crippen LogP contribution in [0.15, 0.2) is 48.8 Å². The molecule has 0 saturated carbocycles. The number of nitrogens with one attached hydrogen (secondary N) is 1. The van der Waals surface area contributed by atoms with Crippen molar-refractivity contribution in [2.45, 2.75) is 39.2 Å². The number of carbonyl (C=O) groups excluding carboxylic acids is 1. The molecule has 1 aromatic heterocycles. The molecule has 0 aliphatic heterocycles. The second kappa shape index (κ2) is 8.17. The normalized spacial score (nSPS) is 10.5. The van der Waals surface area contributed by atoms with Crippen molar-refractivity contribution in [2.24, 2.45) is 0 Å². The molecule has 1 amide bonds. The molecule has 2 aromatic rings. The largest absolute Gasteiger partial charge is 0.489 e. The summed E-state index contributed by atoms with van der Waals surface area (Å²) < 4.78 is 5.70. The molecule has 0 saturated heterocycles. The van der Waals surface area contributed by atoms with E-state index in [2.05, 4.69) is 10.3 Å². The standard InChI is InChI=1S/C18H22N2O2/c1-14(2)22-17-10-4-3-9-16(17)20-18(21)11-5-7-15-8-6-12-19-13-15/h3-4,6,8-10,12-14H,5,7,11H2,1-2H3,(H,20,21). The van der Waals surface area contributed by atoms with Gasteiger partial charge in [0.25, 0.3) is 0 Å². The summed E-state index contributed by atoms with van der Waals surface area (Å²) in [5.74, 6) is 0.710. The van der Waals surface area contributed by atoms with Crippen molar-refractivity contribution in [3.63, 3.8) is 0 Å². The number of ether oxygens (including phenoxy) is 1. The van der Waals surface area contributed by atoms with E-state index in [1.807, 2.05) is 56.4 Å². The van der Waals surface area contributed by atoms with Crippen LogP contribution in [0, 0.1) is 0 Å². The molecular formula is C18H22N2O2. The summed E-state index contributed by atoms with van der Waals surface area (Å²) in [6, 6.07) is 11.4. The monoisotopic (exact) mass is 298 g/mol. The lowest BCUT2D eigenvalue weighted by atomic mass is 10.1. The number of pyridine rings is 1. The number of hydrogen-bond donors (Lipinski definition) is 1. The highest BCUT2D eigenvalue weighted by Gasteiger charge is 2.08. The summed E-state index contributed by atoms with van der Waals surface area (Å²) in [4.78, 5) is 16.1. The number of aromatic nitrogens is 1. The fourth-order valence-corrected chi connectivity index (χ4v) is 2.14. The van der Waals surface area contributed by atoms with Crippen LogP contribution in [0.4, 0.5) is 5.69 Å². The van der Waals surface area contributed by atoms with E-state index in [4.69, 9.17) is 4.74 Å². The van der Waals surface area contributed by atoms with Gasteiger partial charge in [-0.25, -0.2) is 0 Å². The molecule has 2 rings (SSSR count). The van der Waals surface area contributed by atoms with E-state index in [9.17, 15) is 4.79 Å². The Hall–Kier alpha value is -2.36. The van der Waals surface area contributed by atoms with Gasteiger partial charge in [0.15, 0.2) is 0 Å². The second-order valence-corrected chi connectivity index (χ2v) is 5.43. The molecule has 4 nitrogen and oxygen atoms in total. The molecule has 0 aliphatic carbocycles. The van der Waals surface area contributed by atoms with Gasteiger partial charge in [0.1, 0.15) is 5.75 Å². The van der Waals surface area contributed by atoms with Gasteiger partial charge in [0.2, 0.25) is 5.91 Å². The number of nitrogens with zero attached hydrogens (tertiary/aromatic N) is 1. The van der Waals surface area contributed by atoms with Gasteiger partial charge >= 0.3 is 0 Å². The van der Waals surface area contributed by atoms with Gasteiger partial charge in [-0.05, 0) is 50.5 Å². The van der Waals surface area contributed by atoms with E-state index in [1.165, 1.54) is 0 Å². The van der Waals surface area contributed by atoms with Crippen molar-refractivity contribution in [3.8, 4) is 5.75 Å². The van der Waals surface area contributed by atoms with E-state index < -0.39 is 0 Å². The molecule has 0 bridgehead atoms. The molecular weight excluding hydrogens is 276 g/mol. The van der Waals surface area contributed by atoms with Gasteiger partial charge in [-0.3, -0.25) is 9.78 Å². The minimum Gasteiger partial charge on any atom is -0.489 e. The van der Waals surface area contributed by atoms with Crippen LogP contribution in [0.2, 0.25) is 0 Å². The van der Waals surface area contributed by atoms with Crippen LogP contribution < -0.4 is 10.1 Å². The van der Waals surface area contributed by atoms with Crippen molar-refractivity contribution < 1.29 is 9.53 Å². The maximum absolute atomic E-state index is 12.1. The van der Waals surface area contributed by atoms with Gasteiger partial charge in [-0.2, -0.15) is 0 Å². The Bertz CT molecular complexity index is 597. The average molecular weight is 298 g/mol. The number of amides is 1. The first-order valence-electron chi connectivity index (χ1n) is 7.59. The Labute approximate surface area is 131 Å². The van der Waals surface area contributed by atoms with Gasteiger partial charge < -0.3 is 10.1 Å². The molecule has 1 heterocycles. The second-order valence-electron chi connectivity index (χ2n) is 5.43. The molecule has 0 radical (unpaired) electrons. The first-order valence-corrected chi connectivity index (χ1v) is 7.59. The lowest BCUT2D eigenvalue weighted by Gasteiger charge is -2.14. The molecule has 0 unspecified atom stereocenters. The summed E-state index contributed by atoms with van der Waals surface area (Å²) >= 11 is 0. The first kappa shape index (κ1) is 16.0. The molecule has 1 aromatic carbocycles. The highest BCUT2D eigenvalue weighted by Crippen LogP contribution is 2.25. The SMILES string of the molecule is CC(C)Oc1ccccc1NC(=O)CCCc1cccnc1. The van der Waals surface area contributed by atoms with E-state index in [-0.39, 0.29) is 12.0 Å². The Kier molecular flexibility index (Phi) is 5.95. The number of anilines is 1. The number of carbonyl (C=O) groups is 1. The predicted octanol–water partition coefficient (Wildman–Crippen LogP) is 3.83. The minimum atomic E-state index is 0.00342. The lowest BCUT2D eigenvalue weighted by Crippen LogP contribution is -2.14. The van der Waals surface area contributed by atoms with Crippen LogP contribution in [-0.2, 0) is 11.2 Å². The van der Waals surface area contributed by atoms with Crippen LogP contribution in [-0.4, -0.2) is 17.0 Å². The third kappa shape index (κ3) is 5.20. The van der Waals surface area contributed by atoms with Crippen molar-refractivity contribution in [3.05, 3.63) is 54.4 Å². The van der Waals surface area contributed by atoms with Gasteiger partial charge in [-0.15, -0.1) is 0 Å². The topological polar surface area (TPSA) is 51.2 Å². The smallest absolute Gasteiger partial charge is 0.224 e. The minimum absolute atomic E-state index is 0.00342. The fraction of sp³-hybridized carbons (Fsp3) is 0.333. The average Bonchev–Trinajstić information content (AvgIpc) is 2.50. The molecule has 0 atom stereocenters. The fourth-order valence-electron chi connectivity index (χ4n) is 2.14. The molecule has 22 heavy (non-hydrogen) atoms. The maximum Gasteiger partial charge on any atom is 0.224 e. The Morgan fingerprint density at radius 1 is 1.23 bits per heavy atom. The molecule has 0 aliphatic rings. The summed E-state index contributed by atoms with van der Waals surface area (Å²) in [7, 11) is 0. The highest BCUT2D eigenvalue weighted by atomic mass is 16.5. The van der Waals surface area contributed by atoms with Crippen molar-refractivity contribution in [1.82, 2.24) is 4.98 Å². The van der Waals surface area contributed by atoms with Crippen LogP contribution in [0.5, 0.6) is 5.75 Å². The van der Waals surface area contributed by atoms with Crippen LogP contribution in [0.25, 0.3) is 0 Å². The van der Waals surface area contributed by atoms with Crippen molar-refractivity contribution in [1.29, 1.82) is 0 Å². The number of hydrogen-bond acceptors (Lipinski definition) is 3. The van der Waals surface area contributed by atoms with E-state index in [0.717, 1.165) is 24.1 Å². The third-order valence-electron chi connectivity index (χ3n) is 3.12. The number of aryl methyl sites for hydroxylation is 1. The van der Waals surface area contributed by atoms with E-state index >= 15 is 0 Å². The molecule has 1 N–H and O–H groups in total. The van der Waals surface area contributed by atoms with Crippen LogP contribution in [0.1, 0.15) is 32.3 Å². The first-order chi connectivity index (χ1) is 10.6. The van der Waals surface area contributed by atoms with E-state index in [1.54, 1.807) is 6.20 Å². The zero-order valence-electron chi connectivity index (χ0n) is 13.1. The molecule has 0 fully saturated rings. The van der Waals surface area contributed by atoms with Crippen LogP contribution >= 0.6 is 0 Å². The lowest BCUT2D eigenvalue weighted by molar-refractivity contribution is -0.116. The van der Waals surface area contributed by atoms with Crippen molar-refractivity contribution >= 4 is 11.6 Å². The van der Waals surface area contributed by atoms with Crippen LogP contribution in [0.3, 0.4) is 0 Å². The number of rotatable bonds is 7. The predicted molar refractivity (Wildman–Crippen MR) is 88.0 cm³/mol. The maximum atomic E-state index is 12.1. The molecule has 4 heteroatoms.